The Balaban J connectivity index is 1.33. The maximum atomic E-state index is 12.2. The summed E-state index contributed by atoms with van der Waals surface area (Å²) in [6, 6.07) is 17.4. The lowest BCUT2D eigenvalue weighted by atomic mass is 9.95. The number of nitrogens with zero attached hydrogens (tertiary/aromatic N) is 4. The van der Waals surface area contributed by atoms with Crippen LogP contribution in [0.5, 0.6) is 11.5 Å². The average Bonchev–Trinajstić information content (AvgIpc) is 3.54. The molecule has 5 rings (SSSR count). The second kappa shape index (κ2) is 10.1. The van der Waals surface area contributed by atoms with E-state index < -0.39 is 5.41 Å². The molecule has 0 radical (unpaired) electrons. The number of aromatic nitrogens is 3. The van der Waals surface area contributed by atoms with Crippen LogP contribution in [0.2, 0.25) is 5.02 Å². The predicted octanol–water partition coefficient (Wildman–Crippen LogP) is 6.50. The first-order chi connectivity index (χ1) is 17.9. The van der Waals surface area contributed by atoms with E-state index in [1.54, 1.807) is 31.3 Å². The third kappa shape index (κ3) is 5.07. The van der Waals surface area contributed by atoms with Gasteiger partial charge in [-0.1, -0.05) is 17.7 Å². The summed E-state index contributed by atoms with van der Waals surface area (Å²) in [5.41, 5.74) is 1.20. The molecular weight excluding hydrogens is 508 g/mol. The van der Waals surface area contributed by atoms with Crippen LogP contribution in [0.4, 0.5) is 11.5 Å². The van der Waals surface area contributed by atoms with Crippen molar-refractivity contribution in [2.75, 3.05) is 11.9 Å². The molecule has 0 fully saturated rings. The number of hydrogen-bond donors (Lipinski definition) is 2. The molecule has 0 atom stereocenters. The molecule has 3 aromatic heterocycles. The molecule has 0 aliphatic rings. The van der Waals surface area contributed by atoms with Crippen LogP contribution in [0, 0.1) is 16.7 Å². The number of fused-ring (bicyclic) bond motifs is 2. The van der Waals surface area contributed by atoms with Gasteiger partial charge in [0.05, 0.1) is 16.6 Å². The van der Waals surface area contributed by atoms with Crippen molar-refractivity contribution in [3.8, 4) is 17.6 Å². The van der Waals surface area contributed by atoms with E-state index in [1.165, 1.54) is 6.33 Å². The van der Waals surface area contributed by atoms with Crippen molar-refractivity contribution >= 4 is 61.5 Å². The Bertz CT molecular complexity index is 1650. The number of thiophene rings is 1. The second-order valence-corrected chi connectivity index (χ2v) is 10.3. The first-order valence-corrected chi connectivity index (χ1v) is 12.8. The Morgan fingerprint density at radius 1 is 1.19 bits per heavy atom. The number of anilines is 2. The summed E-state index contributed by atoms with van der Waals surface area (Å²) in [7, 11) is 0. The van der Waals surface area contributed by atoms with E-state index in [0.717, 1.165) is 32.6 Å². The van der Waals surface area contributed by atoms with Gasteiger partial charge in [-0.25, -0.2) is 9.97 Å². The second-order valence-electron chi connectivity index (χ2n) is 8.92. The van der Waals surface area contributed by atoms with Crippen LogP contribution in [-0.4, -0.2) is 27.0 Å². The molecule has 0 bridgehead atoms. The van der Waals surface area contributed by atoms with Crippen molar-refractivity contribution < 1.29 is 9.53 Å². The lowest BCUT2D eigenvalue weighted by molar-refractivity contribution is -0.126. The Hall–Kier alpha value is -4.13. The first kappa shape index (κ1) is 24.6. The number of nitrogens with one attached hydrogen (secondary N) is 2. The van der Waals surface area contributed by atoms with Crippen molar-refractivity contribution in [1.29, 1.82) is 5.26 Å². The van der Waals surface area contributed by atoms with Gasteiger partial charge in [0.1, 0.15) is 28.8 Å². The van der Waals surface area contributed by atoms with Gasteiger partial charge < -0.3 is 19.9 Å². The molecule has 0 saturated carbocycles. The molecule has 10 heteroatoms. The maximum absolute atomic E-state index is 12.2. The largest absolute Gasteiger partial charge is 0.455 e. The van der Waals surface area contributed by atoms with Crippen LogP contribution in [-0.2, 0) is 11.3 Å². The SMILES string of the molecule is CC(C)(C#N)C(=O)NCCn1ccc2ncnc(Nc3ccc(Oc4cccc5sccc45)c(Cl)c3)c21. The fourth-order valence-corrected chi connectivity index (χ4v) is 4.87. The minimum absolute atomic E-state index is 0.312. The highest BCUT2D eigenvalue weighted by Crippen LogP contribution is 2.37. The molecule has 8 nitrogen and oxygen atoms in total. The third-order valence-corrected chi connectivity index (χ3v) is 7.08. The van der Waals surface area contributed by atoms with Crippen LogP contribution in [0.15, 0.2) is 66.4 Å². The number of hydrogen-bond acceptors (Lipinski definition) is 7. The number of rotatable bonds is 8. The molecule has 37 heavy (non-hydrogen) atoms. The van der Waals surface area contributed by atoms with Gasteiger partial charge in [0.2, 0.25) is 5.91 Å². The zero-order chi connectivity index (χ0) is 26.0. The molecule has 2 N–H and O–H groups in total. The fourth-order valence-electron chi connectivity index (χ4n) is 3.84. The van der Waals surface area contributed by atoms with Crippen molar-refractivity contribution in [1.82, 2.24) is 19.9 Å². The molecule has 0 aliphatic heterocycles. The fraction of sp³-hybridized carbons (Fsp3) is 0.185. The van der Waals surface area contributed by atoms with Crippen LogP contribution in [0.25, 0.3) is 21.1 Å². The highest BCUT2D eigenvalue weighted by atomic mass is 35.5. The number of carbonyl (C=O) groups excluding carboxylic acids is 1. The summed E-state index contributed by atoms with van der Waals surface area (Å²) in [6.45, 7) is 4.03. The number of benzene rings is 2. The molecule has 0 unspecified atom stereocenters. The quantitative estimate of drug-likeness (QED) is 0.237. The van der Waals surface area contributed by atoms with Crippen LogP contribution < -0.4 is 15.4 Å². The summed E-state index contributed by atoms with van der Waals surface area (Å²) in [4.78, 5) is 21.0. The van der Waals surface area contributed by atoms with Gasteiger partial charge in [0, 0.05) is 35.1 Å². The van der Waals surface area contributed by atoms with E-state index in [1.807, 2.05) is 58.6 Å². The maximum Gasteiger partial charge on any atom is 0.239 e. The number of halogens is 1. The number of ether oxygens (including phenoxy) is 1. The first-order valence-electron chi connectivity index (χ1n) is 11.6. The summed E-state index contributed by atoms with van der Waals surface area (Å²) in [6.07, 6.45) is 3.38. The highest BCUT2D eigenvalue weighted by molar-refractivity contribution is 7.17. The van der Waals surface area contributed by atoms with Crippen molar-refractivity contribution in [2.45, 2.75) is 20.4 Å². The molecule has 2 aromatic carbocycles. The standard InChI is InChI=1S/C27H23ClN6O2S/c1-27(2,15-29)26(35)30-10-12-34-11-8-20-24(34)25(32-16-31-20)33-17-6-7-22(19(28)14-17)36-21-4-3-5-23-18(21)9-13-37-23/h3-9,11,13-14,16H,10,12H2,1-2H3,(H,30,35)(H,31,32,33). The Morgan fingerprint density at radius 2 is 2.05 bits per heavy atom. The average molecular weight is 531 g/mol. The number of carbonyl (C=O) groups is 1. The van der Waals surface area contributed by atoms with Gasteiger partial charge in [0.15, 0.2) is 5.82 Å². The summed E-state index contributed by atoms with van der Waals surface area (Å²) in [5, 5.41) is 18.8. The van der Waals surface area contributed by atoms with Crippen LogP contribution >= 0.6 is 22.9 Å². The predicted molar refractivity (Wildman–Crippen MR) is 147 cm³/mol. The molecule has 5 aromatic rings. The zero-order valence-electron chi connectivity index (χ0n) is 20.2. The van der Waals surface area contributed by atoms with Crippen molar-refractivity contribution in [3.63, 3.8) is 0 Å². The summed E-state index contributed by atoms with van der Waals surface area (Å²) < 4.78 is 9.23. The molecule has 0 aliphatic carbocycles. The summed E-state index contributed by atoms with van der Waals surface area (Å²) in [5.74, 6) is 1.60. The van der Waals surface area contributed by atoms with Gasteiger partial charge >= 0.3 is 0 Å². The Labute approximate surface area is 222 Å². The van der Waals surface area contributed by atoms with E-state index in [9.17, 15) is 4.79 Å². The molecule has 0 spiro atoms. The lowest BCUT2D eigenvalue weighted by Gasteiger charge is -2.16. The topological polar surface area (TPSA) is 105 Å². The lowest BCUT2D eigenvalue weighted by Crippen LogP contribution is -2.37. The third-order valence-electron chi connectivity index (χ3n) is 5.91. The van der Waals surface area contributed by atoms with Gasteiger partial charge in [-0.3, -0.25) is 4.79 Å². The van der Waals surface area contributed by atoms with Crippen LogP contribution in [0.3, 0.4) is 0 Å². The van der Waals surface area contributed by atoms with Gasteiger partial charge in [0.25, 0.3) is 0 Å². The highest BCUT2D eigenvalue weighted by Gasteiger charge is 2.26. The molecule has 186 valence electrons. The molecule has 3 heterocycles. The van der Waals surface area contributed by atoms with Gasteiger partial charge in [-0.15, -0.1) is 11.3 Å². The number of nitriles is 1. The van der Waals surface area contributed by atoms with E-state index in [0.29, 0.717) is 29.7 Å². The van der Waals surface area contributed by atoms with E-state index in [-0.39, 0.29) is 5.91 Å². The van der Waals surface area contributed by atoms with Crippen LogP contribution in [0.1, 0.15) is 13.8 Å². The minimum Gasteiger partial charge on any atom is -0.455 e. The van der Waals surface area contributed by atoms with E-state index in [4.69, 9.17) is 21.6 Å². The normalized spacial score (nSPS) is 11.4. The van der Waals surface area contributed by atoms with Gasteiger partial charge in [-0.2, -0.15) is 5.26 Å². The van der Waals surface area contributed by atoms with E-state index in [2.05, 4.69) is 26.7 Å². The minimum atomic E-state index is -1.08. The molecule has 1 amide bonds. The summed E-state index contributed by atoms with van der Waals surface area (Å²) >= 11 is 8.24. The Morgan fingerprint density at radius 3 is 2.86 bits per heavy atom. The van der Waals surface area contributed by atoms with Crippen molar-refractivity contribution in [2.24, 2.45) is 5.41 Å². The Kier molecular flexibility index (Phi) is 6.70. The molecular formula is C27H23ClN6O2S. The molecule has 0 saturated heterocycles. The van der Waals surface area contributed by atoms with E-state index >= 15 is 0 Å². The zero-order valence-corrected chi connectivity index (χ0v) is 21.7. The van der Waals surface area contributed by atoms with Gasteiger partial charge in [-0.05, 0) is 61.7 Å². The monoisotopic (exact) mass is 530 g/mol. The smallest absolute Gasteiger partial charge is 0.239 e. The van der Waals surface area contributed by atoms with Crippen molar-refractivity contribution in [3.05, 3.63) is 71.5 Å². The number of amides is 1.